The number of aromatic nitrogens is 2. The van der Waals surface area contributed by atoms with Gasteiger partial charge in [-0.1, -0.05) is 6.42 Å². The van der Waals surface area contributed by atoms with Crippen LogP contribution < -0.4 is 5.32 Å². The quantitative estimate of drug-likeness (QED) is 0.919. The summed E-state index contributed by atoms with van der Waals surface area (Å²) in [6.07, 6.45) is 11.6. The molecule has 0 radical (unpaired) electrons. The molecule has 2 heterocycles. The van der Waals surface area contributed by atoms with Crippen molar-refractivity contribution < 1.29 is 4.42 Å². The van der Waals surface area contributed by atoms with Crippen LogP contribution in [0.15, 0.2) is 35.2 Å². The van der Waals surface area contributed by atoms with Crippen molar-refractivity contribution in [2.75, 3.05) is 6.26 Å². The zero-order valence-electron chi connectivity index (χ0n) is 12.0. The maximum atomic E-state index is 5.63. The van der Waals surface area contributed by atoms with Crippen LogP contribution in [0.3, 0.4) is 0 Å². The third-order valence-electron chi connectivity index (χ3n) is 4.08. The number of hydrogen-bond donors (Lipinski definition) is 1. The smallest absolute Gasteiger partial charge is 0.133 e. The van der Waals surface area contributed by atoms with Crippen LogP contribution in [0, 0.1) is 0 Å². The standard InChI is InChI=1S/C15H21N3OS/c1-18-9-8-16-15(18)14(12-6-4-10-19-12)17-11-5-3-7-13(11)20-2/h4,6,8-11,13-14,17H,3,5,7H2,1-2H3. The Morgan fingerprint density at radius 2 is 2.40 bits per heavy atom. The third kappa shape index (κ3) is 2.65. The first kappa shape index (κ1) is 13.8. The van der Waals surface area contributed by atoms with Gasteiger partial charge in [-0.3, -0.25) is 5.32 Å². The predicted molar refractivity (Wildman–Crippen MR) is 81.8 cm³/mol. The number of rotatable bonds is 5. The fourth-order valence-corrected chi connectivity index (χ4v) is 3.95. The van der Waals surface area contributed by atoms with Crippen LogP contribution >= 0.6 is 11.8 Å². The molecular formula is C15H21N3OS. The first-order chi connectivity index (χ1) is 9.79. The van der Waals surface area contributed by atoms with E-state index in [-0.39, 0.29) is 6.04 Å². The molecule has 0 amide bonds. The molecule has 1 saturated carbocycles. The zero-order chi connectivity index (χ0) is 13.9. The number of aryl methyl sites for hydroxylation is 1. The Balaban J connectivity index is 1.85. The summed E-state index contributed by atoms with van der Waals surface area (Å²) >= 11 is 1.96. The molecule has 1 fully saturated rings. The number of thioether (sulfide) groups is 1. The number of nitrogens with zero attached hydrogens (tertiary/aromatic N) is 2. The van der Waals surface area contributed by atoms with E-state index in [4.69, 9.17) is 4.42 Å². The van der Waals surface area contributed by atoms with E-state index in [2.05, 4.69) is 21.1 Å². The first-order valence-corrected chi connectivity index (χ1v) is 8.38. The van der Waals surface area contributed by atoms with E-state index >= 15 is 0 Å². The summed E-state index contributed by atoms with van der Waals surface area (Å²) in [6.45, 7) is 0. The SMILES string of the molecule is CSC1CCCC1NC(c1ccco1)c1nccn1C. The van der Waals surface area contributed by atoms with E-state index in [1.165, 1.54) is 19.3 Å². The van der Waals surface area contributed by atoms with Gasteiger partial charge in [0, 0.05) is 30.7 Å². The largest absolute Gasteiger partial charge is 0.467 e. The summed E-state index contributed by atoms with van der Waals surface area (Å²) in [5.41, 5.74) is 0. The second kappa shape index (κ2) is 6.06. The summed E-state index contributed by atoms with van der Waals surface area (Å²) in [4.78, 5) is 4.50. The lowest BCUT2D eigenvalue weighted by atomic mass is 10.1. The minimum atomic E-state index is 0.0303. The maximum Gasteiger partial charge on any atom is 0.133 e. The molecule has 1 aliphatic rings. The average Bonchev–Trinajstić information content (AvgIpc) is 3.17. The number of imidazole rings is 1. The molecule has 0 bridgehead atoms. The summed E-state index contributed by atoms with van der Waals surface area (Å²) < 4.78 is 7.69. The van der Waals surface area contributed by atoms with Crippen molar-refractivity contribution in [3.05, 3.63) is 42.4 Å². The summed E-state index contributed by atoms with van der Waals surface area (Å²) in [6, 6.07) is 4.52. The van der Waals surface area contributed by atoms with Crippen molar-refractivity contribution in [1.29, 1.82) is 0 Å². The molecule has 108 valence electrons. The van der Waals surface area contributed by atoms with Gasteiger partial charge in [-0.25, -0.2) is 4.98 Å². The molecule has 0 aromatic carbocycles. The summed E-state index contributed by atoms with van der Waals surface area (Å²) in [5.74, 6) is 1.94. The predicted octanol–water partition coefficient (Wildman–Crippen LogP) is 2.98. The number of furan rings is 1. The molecule has 0 saturated heterocycles. The van der Waals surface area contributed by atoms with E-state index in [1.807, 2.05) is 43.3 Å². The fourth-order valence-electron chi connectivity index (χ4n) is 3.01. The first-order valence-electron chi connectivity index (χ1n) is 7.09. The monoisotopic (exact) mass is 291 g/mol. The van der Waals surface area contributed by atoms with E-state index in [0.717, 1.165) is 11.6 Å². The van der Waals surface area contributed by atoms with Gasteiger partial charge in [-0.05, 0) is 31.2 Å². The van der Waals surface area contributed by atoms with Gasteiger partial charge in [-0.2, -0.15) is 11.8 Å². The van der Waals surface area contributed by atoms with E-state index < -0.39 is 0 Å². The molecule has 2 aromatic rings. The molecule has 2 aromatic heterocycles. The number of nitrogens with one attached hydrogen (secondary N) is 1. The Morgan fingerprint density at radius 1 is 1.50 bits per heavy atom. The molecule has 4 nitrogen and oxygen atoms in total. The molecule has 5 heteroatoms. The highest BCUT2D eigenvalue weighted by Crippen LogP contribution is 2.31. The molecule has 0 aliphatic heterocycles. The molecule has 3 unspecified atom stereocenters. The lowest BCUT2D eigenvalue weighted by molar-refractivity contribution is 0.393. The Morgan fingerprint density at radius 3 is 3.05 bits per heavy atom. The van der Waals surface area contributed by atoms with Gasteiger partial charge in [0.05, 0.1) is 6.26 Å². The zero-order valence-corrected chi connectivity index (χ0v) is 12.8. The van der Waals surface area contributed by atoms with Gasteiger partial charge in [0.25, 0.3) is 0 Å². The van der Waals surface area contributed by atoms with Crippen molar-refractivity contribution >= 4 is 11.8 Å². The Labute approximate surface area is 124 Å². The van der Waals surface area contributed by atoms with Gasteiger partial charge < -0.3 is 8.98 Å². The summed E-state index contributed by atoms with van der Waals surface area (Å²) in [7, 11) is 2.03. The highest BCUT2D eigenvalue weighted by Gasteiger charge is 2.31. The van der Waals surface area contributed by atoms with Crippen molar-refractivity contribution in [3.8, 4) is 0 Å². The van der Waals surface area contributed by atoms with E-state index in [9.17, 15) is 0 Å². The average molecular weight is 291 g/mol. The highest BCUT2D eigenvalue weighted by atomic mass is 32.2. The van der Waals surface area contributed by atoms with Crippen molar-refractivity contribution in [2.24, 2.45) is 7.05 Å². The topological polar surface area (TPSA) is 43.0 Å². The van der Waals surface area contributed by atoms with Gasteiger partial charge in [-0.15, -0.1) is 0 Å². The van der Waals surface area contributed by atoms with Crippen LogP contribution in [-0.2, 0) is 7.05 Å². The molecule has 3 rings (SSSR count). The molecular weight excluding hydrogens is 270 g/mol. The van der Waals surface area contributed by atoms with Crippen LogP contribution in [0.4, 0.5) is 0 Å². The second-order valence-electron chi connectivity index (χ2n) is 5.32. The van der Waals surface area contributed by atoms with Crippen LogP contribution in [-0.4, -0.2) is 27.1 Å². The lowest BCUT2D eigenvalue weighted by Crippen LogP contribution is -2.38. The maximum absolute atomic E-state index is 5.63. The third-order valence-corrected chi connectivity index (χ3v) is 5.25. The molecule has 20 heavy (non-hydrogen) atoms. The van der Waals surface area contributed by atoms with Gasteiger partial charge in [0.2, 0.25) is 0 Å². The Kier molecular flexibility index (Phi) is 4.17. The molecule has 0 spiro atoms. The van der Waals surface area contributed by atoms with Crippen molar-refractivity contribution in [3.63, 3.8) is 0 Å². The Bertz CT molecular complexity index is 537. The normalized spacial score (nSPS) is 24.1. The lowest BCUT2D eigenvalue weighted by Gasteiger charge is -2.25. The minimum Gasteiger partial charge on any atom is -0.467 e. The van der Waals surface area contributed by atoms with E-state index in [1.54, 1.807) is 6.26 Å². The molecule has 1 N–H and O–H groups in total. The second-order valence-corrected chi connectivity index (χ2v) is 6.40. The van der Waals surface area contributed by atoms with Crippen LogP contribution in [0.2, 0.25) is 0 Å². The Hall–Kier alpha value is -1.20. The van der Waals surface area contributed by atoms with Gasteiger partial charge >= 0.3 is 0 Å². The minimum absolute atomic E-state index is 0.0303. The number of hydrogen-bond acceptors (Lipinski definition) is 4. The van der Waals surface area contributed by atoms with Crippen LogP contribution in [0.5, 0.6) is 0 Å². The van der Waals surface area contributed by atoms with Crippen LogP contribution in [0.1, 0.15) is 36.9 Å². The van der Waals surface area contributed by atoms with Gasteiger partial charge in [0.15, 0.2) is 0 Å². The fraction of sp³-hybridized carbons (Fsp3) is 0.533. The summed E-state index contributed by atoms with van der Waals surface area (Å²) in [5, 5.41) is 4.45. The highest BCUT2D eigenvalue weighted by molar-refractivity contribution is 7.99. The van der Waals surface area contributed by atoms with E-state index in [0.29, 0.717) is 11.3 Å². The van der Waals surface area contributed by atoms with Crippen molar-refractivity contribution in [2.45, 2.75) is 36.6 Å². The van der Waals surface area contributed by atoms with Crippen LogP contribution in [0.25, 0.3) is 0 Å². The molecule has 3 atom stereocenters. The van der Waals surface area contributed by atoms with Gasteiger partial charge in [0.1, 0.15) is 17.6 Å². The van der Waals surface area contributed by atoms with Crippen molar-refractivity contribution in [1.82, 2.24) is 14.9 Å². The molecule has 1 aliphatic carbocycles.